The topological polar surface area (TPSA) is 34.4 Å². The lowest BCUT2D eigenvalue weighted by Crippen LogP contribution is -2.55. The first-order valence-electron chi connectivity index (χ1n) is 8.72. The summed E-state index contributed by atoms with van der Waals surface area (Å²) in [4.78, 5) is 0. The second-order valence-corrected chi connectivity index (χ2v) is 7.16. The van der Waals surface area contributed by atoms with Gasteiger partial charge in [-0.15, -0.1) is 0 Å². The molecule has 1 fully saturated rings. The number of quaternary nitrogens is 1. The van der Waals surface area contributed by atoms with Crippen molar-refractivity contribution in [3.63, 3.8) is 0 Å². The first-order chi connectivity index (χ1) is 11.7. The predicted molar refractivity (Wildman–Crippen MR) is 97.1 cm³/mol. The molecule has 0 radical (unpaired) electrons. The summed E-state index contributed by atoms with van der Waals surface area (Å²) in [5.74, 6) is 0. The quantitative estimate of drug-likeness (QED) is 0.748. The molecule has 1 atom stereocenters. The highest BCUT2D eigenvalue weighted by Gasteiger charge is 2.28. The molecule has 4 rings (SSSR count). The highest BCUT2D eigenvalue weighted by Crippen LogP contribution is 2.29. The number of morpholine rings is 1. The minimum absolute atomic E-state index is 0.368. The van der Waals surface area contributed by atoms with Crippen LogP contribution < -0.4 is 0 Å². The number of aromatic nitrogens is 1. The Kier molecular flexibility index (Phi) is 4.04. The normalized spacial score (nSPS) is 18.9. The van der Waals surface area contributed by atoms with Crippen LogP contribution in [0.4, 0.5) is 0 Å². The van der Waals surface area contributed by atoms with Gasteiger partial charge in [0.05, 0.1) is 26.8 Å². The van der Waals surface area contributed by atoms with Gasteiger partial charge in [-0.3, -0.25) is 0 Å². The molecule has 24 heavy (non-hydrogen) atoms. The lowest BCUT2D eigenvalue weighted by molar-refractivity contribution is -0.919. The molecule has 1 aromatic heterocycles. The van der Waals surface area contributed by atoms with E-state index in [1.165, 1.54) is 21.8 Å². The monoisotopic (exact) mass is 325 g/mol. The number of nitrogens with zero attached hydrogens (tertiary/aromatic N) is 2. The molecule has 0 aliphatic carbocycles. The summed E-state index contributed by atoms with van der Waals surface area (Å²) >= 11 is 0. The maximum Gasteiger partial charge on any atom is 0.121 e. The van der Waals surface area contributed by atoms with Crippen LogP contribution in [0.2, 0.25) is 0 Å². The molecule has 3 aromatic rings. The van der Waals surface area contributed by atoms with Crippen LogP contribution in [0.1, 0.15) is 0 Å². The van der Waals surface area contributed by atoms with Crippen LogP contribution in [0.25, 0.3) is 21.8 Å². The van der Waals surface area contributed by atoms with Crippen molar-refractivity contribution < 1.29 is 14.3 Å². The molecule has 2 heterocycles. The van der Waals surface area contributed by atoms with Crippen LogP contribution >= 0.6 is 0 Å². The lowest BCUT2D eigenvalue weighted by Gasteiger charge is -2.39. The third-order valence-electron chi connectivity index (χ3n) is 5.28. The van der Waals surface area contributed by atoms with Crippen LogP contribution in [0.5, 0.6) is 0 Å². The number of aliphatic hydroxyl groups excluding tert-OH is 1. The molecule has 126 valence electrons. The van der Waals surface area contributed by atoms with Crippen LogP contribution in [0, 0.1) is 0 Å². The molecule has 4 heteroatoms. The molecule has 2 aromatic carbocycles. The minimum Gasteiger partial charge on any atom is -0.385 e. The zero-order valence-electron chi connectivity index (χ0n) is 14.2. The molecule has 4 nitrogen and oxygen atoms in total. The van der Waals surface area contributed by atoms with Crippen molar-refractivity contribution in [3.8, 4) is 0 Å². The molecule has 0 saturated carbocycles. The summed E-state index contributed by atoms with van der Waals surface area (Å²) in [7, 11) is 2.22. The van der Waals surface area contributed by atoms with Crippen molar-refractivity contribution in [2.45, 2.75) is 12.6 Å². The van der Waals surface area contributed by atoms with Gasteiger partial charge in [-0.25, -0.2) is 0 Å². The van der Waals surface area contributed by atoms with Gasteiger partial charge in [0.1, 0.15) is 25.7 Å². The third-order valence-corrected chi connectivity index (χ3v) is 5.28. The van der Waals surface area contributed by atoms with Gasteiger partial charge in [0.25, 0.3) is 0 Å². The summed E-state index contributed by atoms with van der Waals surface area (Å²) < 4.78 is 8.62. The number of para-hydroxylation sites is 2. The highest BCUT2D eigenvalue weighted by molar-refractivity contribution is 6.07. The number of aliphatic hydroxyl groups is 1. The fourth-order valence-corrected chi connectivity index (χ4v) is 3.94. The minimum atomic E-state index is -0.368. The molecule has 1 aliphatic rings. The Morgan fingerprint density at radius 3 is 2.12 bits per heavy atom. The van der Waals surface area contributed by atoms with E-state index in [9.17, 15) is 5.11 Å². The van der Waals surface area contributed by atoms with Crippen LogP contribution in [-0.4, -0.2) is 60.2 Å². The van der Waals surface area contributed by atoms with E-state index in [0.717, 1.165) is 37.3 Å². The molecular weight excluding hydrogens is 300 g/mol. The fraction of sp³-hybridized carbons (Fsp3) is 0.400. The maximum absolute atomic E-state index is 10.8. The molecule has 1 aliphatic heterocycles. The number of hydrogen-bond donors (Lipinski definition) is 1. The van der Waals surface area contributed by atoms with Crippen molar-refractivity contribution >= 4 is 21.8 Å². The smallest absolute Gasteiger partial charge is 0.121 e. The fourth-order valence-electron chi connectivity index (χ4n) is 3.94. The van der Waals surface area contributed by atoms with Gasteiger partial charge < -0.3 is 18.9 Å². The molecule has 0 amide bonds. The van der Waals surface area contributed by atoms with Gasteiger partial charge >= 0.3 is 0 Å². The average molecular weight is 325 g/mol. The number of ether oxygens (including phenoxy) is 1. The zero-order chi connectivity index (χ0) is 16.6. The van der Waals surface area contributed by atoms with E-state index in [4.69, 9.17) is 4.74 Å². The van der Waals surface area contributed by atoms with E-state index >= 15 is 0 Å². The molecule has 0 bridgehead atoms. The van der Waals surface area contributed by atoms with Crippen molar-refractivity contribution in [2.75, 3.05) is 39.9 Å². The summed E-state index contributed by atoms with van der Waals surface area (Å²) in [6.45, 7) is 4.93. The van der Waals surface area contributed by atoms with E-state index in [-0.39, 0.29) is 6.10 Å². The lowest BCUT2D eigenvalue weighted by atomic mass is 10.2. The summed E-state index contributed by atoms with van der Waals surface area (Å²) in [6, 6.07) is 16.9. The summed E-state index contributed by atoms with van der Waals surface area (Å²) in [5, 5.41) is 13.3. The first-order valence-corrected chi connectivity index (χ1v) is 8.72. The summed E-state index contributed by atoms with van der Waals surface area (Å²) in [6.07, 6.45) is -0.368. The van der Waals surface area contributed by atoms with E-state index in [1.54, 1.807) is 0 Å². The summed E-state index contributed by atoms with van der Waals surface area (Å²) in [5.41, 5.74) is 2.39. The van der Waals surface area contributed by atoms with Crippen molar-refractivity contribution in [1.82, 2.24) is 4.57 Å². The second kappa shape index (κ2) is 6.20. The van der Waals surface area contributed by atoms with Gasteiger partial charge in [-0.05, 0) is 12.1 Å². The number of likely N-dealkylation sites (N-methyl/N-ethyl adjacent to an activating group) is 1. The van der Waals surface area contributed by atoms with E-state index < -0.39 is 0 Å². The number of rotatable bonds is 4. The Bertz CT molecular complexity index is 796. The number of fused-ring (bicyclic) bond motifs is 3. The van der Waals surface area contributed by atoms with Gasteiger partial charge in [0.2, 0.25) is 0 Å². The Morgan fingerprint density at radius 2 is 1.54 bits per heavy atom. The zero-order valence-corrected chi connectivity index (χ0v) is 14.2. The highest BCUT2D eigenvalue weighted by atomic mass is 16.5. The van der Waals surface area contributed by atoms with E-state index in [1.807, 2.05) is 0 Å². The average Bonchev–Trinajstić information content (AvgIpc) is 2.90. The number of benzene rings is 2. The van der Waals surface area contributed by atoms with Crippen LogP contribution in [0.3, 0.4) is 0 Å². The first kappa shape index (κ1) is 15.6. The molecule has 1 saturated heterocycles. The van der Waals surface area contributed by atoms with Crippen LogP contribution in [-0.2, 0) is 11.3 Å². The van der Waals surface area contributed by atoms with Gasteiger partial charge in [-0.1, -0.05) is 36.4 Å². The standard InChI is InChI=1S/C20H25N2O2/c1-22(10-12-24-13-11-22)15-16(23)14-21-19-8-4-2-6-17(19)18-7-3-5-9-20(18)21/h2-9,16,23H,10-15H2,1H3/q+1. The number of hydrogen-bond acceptors (Lipinski definition) is 2. The molecule has 0 spiro atoms. The van der Waals surface area contributed by atoms with Crippen molar-refractivity contribution in [2.24, 2.45) is 0 Å². The van der Waals surface area contributed by atoms with Crippen molar-refractivity contribution in [3.05, 3.63) is 48.5 Å². The predicted octanol–water partition coefficient (Wildman–Crippen LogP) is 2.63. The Hall–Kier alpha value is -1.88. The van der Waals surface area contributed by atoms with Gasteiger partial charge in [0.15, 0.2) is 0 Å². The molecular formula is C20H25N2O2+. The van der Waals surface area contributed by atoms with E-state index in [2.05, 4.69) is 60.1 Å². The SMILES string of the molecule is C[N+]1(CC(O)Cn2c3ccccc3c3ccccc32)CCOCC1. The third kappa shape index (κ3) is 2.81. The molecule has 1 N–H and O–H groups in total. The van der Waals surface area contributed by atoms with Crippen molar-refractivity contribution in [1.29, 1.82) is 0 Å². The van der Waals surface area contributed by atoms with Gasteiger partial charge in [0, 0.05) is 21.8 Å². The second-order valence-electron chi connectivity index (χ2n) is 7.16. The van der Waals surface area contributed by atoms with Crippen LogP contribution in [0.15, 0.2) is 48.5 Å². The Morgan fingerprint density at radius 1 is 1.00 bits per heavy atom. The molecule has 1 unspecified atom stereocenters. The Balaban J connectivity index is 1.65. The van der Waals surface area contributed by atoms with Gasteiger partial charge in [-0.2, -0.15) is 0 Å². The Labute approximate surface area is 142 Å². The van der Waals surface area contributed by atoms with E-state index in [0.29, 0.717) is 6.54 Å². The largest absolute Gasteiger partial charge is 0.385 e. The maximum atomic E-state index is 10.8.